The average Bonchev–Trinajstić information content (AvgIpc) is 2.81. The van der Waals surface area contributed by atoms with Gasteiger partial charge in [0, 0.05) is 34.3 Å². The van der Waals surface area contributed by atoms with Gasteiger partial charge in [0.05, 0.1) is 13.2 Å². The Balaban J connectivity index is 1.74. The molecular weight excluding hydrogens is 424 g/mol. The first-order valence-electron chi connectivity index (χ1n) is 10.9. The Morgan fingerprint density at radius 2 is 1.66 bits per heavy atom. The van der Waals surface area contributed by atoms with Crippen molar-refractivity contribution in [3.63, 3.8) is 0 Å². The van der Waals surface area contributed by atoms with Crippen LogP contribution < -0.4 is 14.8 Å². The van der Waals surface area contributed by atoms with Crippen molar-refractivity contribution in [2.75, 3.05) is 13.2 Å². The van der Waals surface area contributed by atoms with Gasteiger partial charge in [0.2, 0.25) is 0 Å². The van der Waals surface area contributed by atoms with Crippen LogP contribution in [-0.2, 0) is 0 Å². The summed E-state index contributed by atoms with van der Waals surface area (Å²) in [5, 5.41) is 15.1. The summed E-state index contributed by atoms with van der Waals surface area (Å²) < 4.78 is 11.2. The van der Waals surface area contributed by atoms with E-state index in [2.05, 4.69) is 5.32 Å². The maximum atomic E-state index is 10.9. The van der Waals surface area contributed by atoms with Crippen molar-refractivity contribution in [2.24, 2.45) is 4.99 Å². The zero-order chi connectivity index (χ0) is 22.5. The van der Waals surface area contributed by atoms with Gasteiger partial charge >= 0.3 is 0 Å². The van der Waals surface area contributed by atoms with E-state index in [1.165, 1.54) is 0 Å². The minimum atomic E-state index is -0.348. The summed E-state index contributed by atoms with van der Waals surface area (Å²) in [6.45, 7) is 4.97. The fourth-order valence-electron chi connectivity index (χ4n) is 3.94. The summed E-state index contributed by atoms with van der Waals surface area (Å²) in [4.78, 5) is 4.99. The van der Waals surface area contributed by atoms with E-state index in [0.29, 0.717) is 30.4 Å². The normalized spacial score (nSPS) is 18.2. The molecule has 2 unspecified atom stereocenters. The summed E-state index contributed by atoms with van der Waals surface area (Å²) in [6, 6.07) is 21.1. The topological polar surface area (TPSA) is 63.1 Å². The van der Waals surface area contributed by atoms with Crippen LogP contribution in [0.2, 0.25) is 5.02 Å². The number of aromatic hydroxyl groups is 1. The van der Waals surface area contributed by atoms with E-state index in [4.69, 9.17) is 26.1 Å². The van der Waals surface area contributed by atoms with Crippen LogP contribution in [0.25, 0.3) is 0 Å². The summed E-state index contributed by atoms with van der Waals surface area (Å²) in [6.07, 6.45) is 0.261. The Morgan fingerprint density at radius 1 is 0.938 bits per heavy atom. The van der Waals surface area contributed by atoms with E-state index in [1.54, 1.807) is 6.07 Å². The molecule has 0 spiro atoms. The molecule has 5 nitrogen and oxygen atoms in total. The van der Waals surface area contributed by atoms with Crippen LogP contribution in [0.5, 0.6) is 17.2 Å². The number of aliphatic imine (C=N–C) groups is 1. The highest BCUT2D eigenvalue weighted by atomic mass is 35.5. The molecule has 6 heteroatoms. The summed E-state index contributed by atoms with van der Waals surface area (Å²) >= 11 is 6.50. The first-order valence-corrected chi connectivity index (χ1v) is 11.2. The molecule has 0 aromatic heterocycles. The summed E-state index contributed by atoms with van der Waals surface area (Å²) in [7, 11) is 0. The van der Waals surface area contributed by atoms with Crippen molar-refractivity contribution in [1.82, 2.24) is 5.32 Å². The first-order chi connectivity index (χ1) is 15.6. The molecule has 1 aliphatic heterocycles. The summed E-state index contributed by atoms with van der Waals surface area (Å²) in [5.74, 6) is 1.45. The number of hydrogen-bond acceptors (Lipinski definition) is 5. The van der Waals surface area contributed by atoms with E-state index < -0.39 is 0 Å². The second kappa shape index (κ2) is 10.1. The van der Waals surface area contributed by atoms with Crippen molar-refractivity contribution < 1.29 is 14.6 Å². The highest BCUT2D eigenvalue weighted by molar-refractivity contribution is 6.31. The van der Waals surface area contributed by atoms with Crippen molar-refractivity contribution in [3.8, 4) is 17.2 Å². The van der Waals surface area contributed by atoms with Gasteiger partial charge in [-0.1, -0.05) is 41.9 Å². The van der Waals surface area contributed by atoms with Crippen LogP contribution in [0.3, 0.4) is 0 Å². The molecule has 2 atom stereocenters. The molecule has 0 radical (unpaired) electrons. The Kier molecular flexibility index (Phi) is 6.98. The van der Waals surface area contributed by atoms with E-state index in [1.807, 2.05) is 74.5 Å². The van der Waals surface area contributed by atoms with Crippen molar-refractivity contribution >= 4 is 17.3 Å². The lowest BCUT2D eigenvalue weighted by molar-refractivity contribution is 0.313. The van der Waals surface area contributed by atoms with Gasteiger partial charge in [0.1, 0.15) is 11.9 Å². The van der Waals surface area contributed by atoms with Crippen LogP contribution in [0.1, 0.15) is 49.2 Å². The number of hydrogen-bond donors (Lipinski definition) is 2. The lowest BCUT2D eigenvalue weighted by Gasteiger charge is -2.31. The second-order valence-corrected chi connectivity index (χ2v) is 7.91. The smallest absolute Gasteiger partial charge is 0.162 e. The highest BCUT2D eigenvalue weighted by Crippen LogP contribution is 2.39. The third-order valence-electron chi connectivity index (χ3n) is 5.45. The average molecular weight is 451 g/mol. The Morgan fingerprint density at radius 3 is 2.38 bits per heavy atom. The van der Waals surface area contributed by atoms with Crippen LogP contribution in [-0.4, -0.2) is 24.0 Å². The Bertz CT molecular complexity index is 1100. The van der Waals surface area contributed by atoms with Crippen LogP contribution in [0, 0.1) is 0 Å². The Hall–Kier alpha value is -3.02. The molecule has 0 bridgehead atoms. The van der Waals surface area contributed by atoms with Gasteiger partial charge in [-0.25, -0.2) is 0 Å². The lowest BCUT2D eigenvalue weighted by Crippen LogP contribution is -2.33. The number of ether oxygens (including phenoxy) is 2. The fraction of sp³-hybridized carbons (Fsp3) is 0.269. The number of rotatable bonds is 7. The number of halogens is 1. The van der Waals surface area contributed by atoms with Crippen LogP contribution in [0.4, 0.5) is 0 Å². The molecule has 1 heterocycles. The maximum absolute atomic E-state index is 10.9. The molecule has 0 saturated carbocycles. The number of para-hydroxylation sites is 1. The zero-order valence-electron chi connectivity index (χ0n) is 18.2. The number of nitrogens with zero attached hydrogens (tertiary/aromatic N) is 1. The zero-order valence-corrected chi connectivity index (χ0v) is 19.0. The van der Waals surface area contributed by atoms with Crippen LogP contribution >= 0.6 is 11.6 Å². The largest absolute Gasteiger partial charge is 0.504 e. The van der Waals surface area contributed by atoms with E-state index in [-0.39, 0.29) is 18.0 Å². The predicted octanol–water partition coefficient (Wildman–Crippen LogP) is 6.07. The van der Waals surface area contributed by atoms with E-state index >= 15 is 0 Å². The fourth-order valence-corrected chi connectivity index (χ4v) is 4.18. The molecular formula is C26H27ClN2O3. The van der Waals surface area contributed by atoms with Gasteiger partial charge in [-0.3, -0.25) is 10.3 Å². The number of benzene rings is 3. The first kappa shape index (κ1) is 22.2. The van der Waals surface area contributed by atoms with Gasteiger partial charge in [-0.15, -0.1) is 0 Å². The van der Waals surface area contributed by atoms with Crippen LogP contribution in [0.15, 0.2) is 71.7 Å². The lowest BCUT2D eigenvalue weighted by atomic mass is 9.93. The van der Waals surface area contributed by atoms with Gasteiger partial charge in [-0.05, 0) is 55.8 Å². The molecule has 0 saturated heterocycles. The van der Waals surface area contributed by atoms with Crippen molar-refractivity contribution in [3.05, 3.63) is 88.4 Å². The van der Waals surface area contributed by atoms with Gasteiger partial charge in [-0.2, -0.15) is 0 Å². The monoisotopic (exact) mass is 450 g/mol. The number of phenolic OH excluding ortho intramolecular Hbond substituents is 1. The quantitative estimate of drug-likeness (QED) is 0.459. The molecule has 0 amide bonds. The second-order valence-electron chi connectivity index (χ2n) is 7.51. The molecule has 1 aliphatic rings. The van der Waals surface area contributed by atoms with Crippen molar-refractivity contribution in [2.45, 2.75) is 32.5 Å². The molecule has 4 rings (SSSR count). The van der Waals surface area contributed by atoms with Crippen molar-refractivity contribution in [1.29, 1.82) is 0 Å². The molecule has 0 aliphatic carbocycles. The minimum absolute atomic E-state index is 0.151. The molecule has 2 N–H and O–H groups in total. The third-order valence-corrected chi connectivity index (χ3v) is 5.79. The minimum Gasteiger partial charge on any atom is -0.504 e. The third kappa shape index (κ3) is 4.74. The summed E-state index contributed by atoms with van der Waals surface area (Å²) in [5.41, 5.74) is 3.61. The van der Waals surface area contributed by atoms with Gasteiger partial charge in [0.25, 0.3) is 0 Å². The van der Waals surface area contributed by atoms with E-state index in [0.717, 1.165) is 28.2 Å². The number of nitrogens with one attached hydrogen (secondary N) is 1. The van der Waals surface area contributed by atoms with Gasteiger partial charge < -0.3 is 14.6 Å². The maximum Gasteiger partial charge on any atom is 0.162 e. The number of phenols is 1. The SMILES string of the molecule is CCOc1ccc(C2=NC(c3ccccc3Cl)NC(c3cccc(OCC)c3O)C2)cc1. The molecule has 166 valence electrons. The molecule has 3 aromatic rings. The highest BCUT2D eigenvalue weighted by Gasteiger charge is 2.29. The standard InChI is InChI=1S/C26H27ClN2O3/c1-3-31-18-14-12-17(13-15-18)22-16-23(20-9-7-11-24(25(20)30)32-4-2)29-26(28-22)19-8-5-6-10-21(19)27/h5-15,23,26,29-30H,3-4,16H2,1-2H3. The molecule has 3 aromatic carbocycles. The predicted molar refractivity (Wildman–Crippen MR) is 128 cm³/mol. The van der Waals surface area contributed by atoms with Gasteiger partial charge in [0.15, 0.2) is 11.5 Å². The van der Waals surface area contributed by atoms with E-state index in [9.17, 15) is 5.11 Å². The Labute approximate surface area is 193 Å². The molecule has 32 heavy (non-hydrogen) atoms. The molecule has 0 fully saturated rings.